The van der Waals surface area contributed by atoms with Gasteiger partial charge in [-0.25, -0.2) is 4.99 Å². The molecule has 1 spiro atoms. The fourth-order valence-corrected chi connectivity index (χ4v) is 4.66. The van der Waals surface area contributed by atoms with Crippen molar-refractivity contribution in [3.63, 3.8) is 0 Å². The second kappa shape index (κ2) is 9.09. The third kappa shape index (κ3) is 5.15. The van der Waals surface area contributed by atoms with Crippen LogP contribution in [0.15, 0.2) is 4.99 Å². The molecule has 0 unspecified atom stereocenters. The van der Waals surface area contributed by atoms with Crippen molar-refractivity contribution in [2.24, 2.45) is 17.5 Å². The predicted molar refractivity (Wildman–Crippen MR) is 119 cm³/mol. The number of piperidine rings is 1. The van der Waals surface area contributed by atoms with Crippen LogP contribution in [0.1, 0.15) is 75.9 Å². The van der Waals surface area contributed by atoms with Gasteiger partial charge in [0.05, 0.1) is 0 Å². The molecule has 1 aromatic rings. The SMILES string of the molecule is Cc1nnc(CN=C(NC2CC2)N2CCCC3(CCCCCC3)C2)n1C.I. The summed E-state index contributed by atoms with van der Waals surface area (Å²) in [6.07, 6.45) is 13.7. The summed E-state index contributed by atoms with van der Waals surface area (Å²) in [6.45, 7) is 4.92. The van der Waals surface area contributed by atoms with Crippen LogP contribution in [0.2, 0.25) is 0 Å². The van der Waals surface area contributed by atoms with Crippen molar-refractivity contribution >= 4 is 29.9 Å². The third-order valence-electron chi connectivity index (χ3n) is 6.59. The fraction of sp³-hybridized carbons (Fsp3) is 0.850. The van der Waals surface area contributed by atoms with E-state index in [9.17, 15) is 0 Å². The van der Waals surface area contributed by atoms with Crippen molar-refractivity contribution in [3.05, 3.63) is 11.6 Å². The number of hydrogen-bond acceptors (Lipinski definition) is 3. The average Bonchev–Trinajstić information content (AvgIpc) is 3.44. The Morgan fingerprint density at radius 2 is 1.81 bits per heavy atom. The molecule has 0 radical (unpaired) electrons. The number of hydrogen-bond donors (Lipinski definition) is 1. The minimum absolute atomic E-state index is 0. The van der Waals surface area contributed by atoms with Gasteiger partial charge in [-0.05, 0) is 50.9 Å². The van der Waals surface area contributed by atoms with Crippen LogP contribution in [0.25, 0.3) is 0 Å². The van der Waals surface area contributed by atoms with Crippen LogP contribution in [0.5, 0.6) is 0 Å². The number of nitrogens with zero attached hydrogens (tertiary/aromatic N) is 5. The molecule has 1 saturated heterocycles. The second-order valence-corrected chi connectivity index (χ2v) is 8.72. The van der Waals surface area contributed by atoms with Crippen molar-refractivity contribution in [2.75, 3.05) is 13.1 Å². The molecule has 3 fully saturated rings. The van der Waals surface area contributed by atoms with E-state index >= 15 is 0 Å². The van der Waals surface area contributed by atoms with E-state index in [1.54, 1.807) is 0 Å². The zero-order valence-corrected chi connectivity index (χ0v) is 19.2. The number of likely N-dealkylation sites (tertiary alicyclic amines) is 1. The van der Waals surface area contributed by atoms with Crippen LogP contribution in [-0.2, 0) is 13.6 Å². The van der Waals surface area contributed by atoms with E-state index in [1.165, 1.54) is 70.8 Å². The highest BCUT2D eigenvalue weighted by Crippen LogP contribution is 2.42. The number of aryl methyl sites for hydroxylation is 1. The van der Waals surface area contributed by atoms with E-state index in [0.29, 0.717) is 18.0 Å². The number of rotatable bonds is 3. The fourth-order valence-electron chi connectivity index (χ4n) is 4.66. The van der Waals surface area contributed by atoms with Crippen LogP contribution < -0.4 is 5.32 Å². The molecule has 7 heteroatoms. The Balaban J connectivity index is 0.00000210. The molecule has 27 heavy (non-hydrogen) atoms. The Morgan fingerprint density at radius 3 is 2.44 bits per heavy atom. The van der Waals surface area contributed by atoms with Gasteiger partial charge in [-0.1, -0.05) is 25.7 Å². The normalized spacial score (nSPS) is 23.0. The van der Waals surface area contributed by atoms with Crippen LogP contribution in [0.3, 0.4) is 0 Å². The Hall–Kier alpha value is -0.860. The highest BCUT2D eigenvalue weighted by atomic mass is 127. The van der Waals surface area contributed by atoms with E-state index < -0.39 is 0 Å². The lowest BCUT2D eigenvalue weighted by molar-refractivity contribution is 0.115. The highest BCUT2D eigenvalue weighted by molar-refractivity contribution is 14.0. The van der Waals surface area contributed by atoms with Crippen molar-refractivity contribution in [3.8, 4) is 0 Å². The monoisotopic (exact) mass is 486 g/mol. The Bertz CT molecular complexity index is 643. The molecular weight excluding hydrogens is 451 g/mol. The lowest BCUT2D eigenvalue weighted by Gasteiger charge is -2.44. The van der Waals surface area contributed by atoms with Gasteiger partial charge >= 0.3 is 0 Å². The number of aromatic nitrogens is 3. The quantitative estimate of drug-likeness (QED) is 0.402. The molecule has 2 heterocycles. The molecule has 6 nitrogen and oxygen atoms in total. The van der Waals surface area contributed by atoms with E-state index in [1.807, 2.05) is 18.5 Å². The van der Waals surface area contributed by atoms with Crippen LogP contribution >= 0.6 is 24.0 Å². The first-order chi connectivity index (χ1) is 12.7. The highest BCUT2D eigenvalue weighted by Gasteiger charge is 2.37. The maximum atomic E-state index is 4.98. The first-order valence-electron chi connectivity index (χ1n) is 10.6. The standard InChI is InChI=1S/C20H34N6.HI/c1-16-23-24-18(25(16)2)14-21-19(22-17-8-9-17)26-13-7-12-20(15-26)10-5-3-4-6-11-20;/h17H,3-15H2,1-2H3,(H,21,22);1H. The average molecular weight is 486 g/mol. The van der Waals surface area contributed by atoms with Gasteiger partial charge in [-0.2, -0.15) is 0 Å². The molecule has 1 aliphatic heterocycles. The maximum Gasteiger partial charge on any atom is 0.194 e. The van der Waals surface area contributed by atoms with Crippen molar-refractivity contribution < 1.29 is 0 Å². The van der Waals surface area contributed by atoms with Gasteiger partial charge in [0.2, 0.25) is 0 Å². The van der Waals surface area contributed by atoms with Crippen molar-refractivity contribution in [2.45, 2.75) is 83.7 Å². The molecule has 152 valence electrons. The molecule has 0 atom stereocenters. The topological polar surface area (TPSA) is 58.3 Å². The summed E-state index contributed by atoms with van der Waals surface area (Å²) < 4.78 is 2.04. The summed E-state index contributed by atoms with van der Waals surface area (Å²) in [5, 5.41) is 12.2. The van der Waals surface area contributed by atoms with Crippen LogP contribution in [-0.4, -0.2) is 44.8 Å². The van der Waals surface area contributed by atoms with E-state index in [2.05, 4.69) is 20.4 Å². The van der Waals surface area contributed by atoms with E-state index in [0.717, 1.165) is 24.2 Å². The van der Waals surface area contributed by atoms with Gasteiger partial charge < -0.3 is 14.8 Å². The van der Waals surface area contributed by atoms with Gasteiger partial charge in [-0.15, -0.1) is 34.2 Å². The lowest BCUT2D eigenvalue weighted by atomic mass is 9.74. The Labute approximate surface area is 180 Å². The summed E-state index contributed by atoms with van der Waals surface area (Å²) in [6, 6.07) is 0.627. The number of guanidine groups is 1. The molecule has 0 aromatic carbocycles. The largest absolute Gasteiger partial charge is 0.353 e. The van der Waals surface area contributed by atoms with Crippen molar-refractivity contribution in [1.29, 1.82) is 0 Å². The Morgan fingerprint density at radius 1 is 1.11 bits per heavy atom. The van der Waals surface area contributed by atoms with E-state index in [4.69, 9.17) is 4.99 Å². The summed E-state index contributed by atoms with van der Waals surface area (Å²) in [5.41, 5.74) is 0.530. The molecule has 4 rings (SSSR count). The molecule has 1 N–H and O–H groups in total. The summed E-state index contributed by atoms with van der Waals surface area (Å²) in [7, 11) is 2.02. The van der Waals surface area contributed by atoms with Gasteiger partial charge in [-0.3, -0.25) is 0 Å². The summed E-state index contributed by atoms with van der Waals surface area (Å²) >= 11 is 0. The summed E-state index contributed by atoms with van der Waals surface area (Å²) in [5.74, 6) is 3.00. The molecule has 3 aliphatic rings. The van der Waals surface area contributed by atoms with Gasteiger partial charge in [0.25, 0.3) is 0 Å². The van der Waals surface area contributed by atoms with Crippen molar-refractivity contribution in [1.82, 2.24) is 25.0 Å². The number of nitrogens with one attached hydrogen (secondary N) is 1. The Kier molecular flexibility index (Phi) is 7.03. The minimum Gasteiger partial charge on any atom is -0.353 e. The first-order valence-corrected chi connectivity index (χ1v) is 10.6. The zero-order valence-electron chi connectivity index (χ0n) is 16.9. The molecule has 2 saturated carbocycles. The molecule has 0 bridgehead atoms. The van der Waals surface area contributed by atoms with Gasteiger partial charge in [0.15, 0.2) is 11.8 Å². The summed E-state index contributed by atoms with van der Waals surface area (Å²) in [4.78, 5) is 7.53. The van der Waals surface area contributed by atoms with Crippen LogP contribution in [0, 0.1) is 12.3 Å². The smallest absolute Gasteiger partial charge is 0.194 e. The van der Waals surface area contributed by atoms with Crippen LogP contribution in [0.4, 0.5) is 0 Å². The molecule has 1 aromatic heterocycles. The predicted octanol–water partition coefficient (Wildman–Crippen LogP) is 3.79. The first kappa shape index (κ1) is 20.9. The van der Waals surface area contributed by atoms with E-state index in [-0.39, 0.29) is 24.0 Å². The van der Waals surface area contributed by atoms with Gasteiger partial charge in [0, 0.05) is 26.2 Å². The molecule has 2 aliphatic carbocycles. The van der Waals surface area contributed by atoms with Gasteiger partial charge in [0.1, 0.15) is 12.4 Å². The second-order valence-electron chi connectivity index (χ2n) is 8.72. The minimum atomic E-state index is 0. The third-order valence-corrected chi connectivity index (χ3v) is 6.59. The number of aliphatic imine (C=N–C) groups is 1. The zero-order chi connectivity index (χ0) is 18.0. The lowest BCUT2D eigenvalue weighted by Crippen LogP contribution is -2.51. The molecule has 0 amide bonds. The molecular formula is C20H35IN6. The number of halogens is 1. The maximum absolute atomic E-state index is 4.98.